The molecule has 0 saturated heterocycles. The van der Waals surface area contributed by atoms with Crippen LogP contribution in [-0.4, -0.2) is 6.54 Å². The molecule has 2 rings (SSSR count). The molecule has 0 radical (unpaired) electrons. The largest absolute Gasteiger partial charge is 0.489 e. The number of aryl methyl sites for hydroxylation is 3. The van der Waals surface area contributed by atoms with Crippen LogP contribution in [0.4, 0.5) is 5.69 Å². The van der Waals surface area contributed by atoms with Crippen LogP contribution >= 0.6 is 0 Å². The number of nitrogens with zero attached hydrogens (tertiary/aromatic N) is 1. The minimum Gasteiger partial charge on any atom is -0.489 e. The highest BCUT2D eigenvalue weighted by molar-refractivity contribution is 5.52. The maximum absolute atomic E-state index is 9.20. The maximum atomic E-state index is 9.20. The highest BCUT2D eigenvalue weighted by Crippen LogP contribution is 2.26. The smallest absolute Gasteiger partial charge is 0.123 e. The molecule has 0 aliphatic heterocycles. The van der Waals surface area contributed by atoms with E-state index in [1.807, 2.05) is 25.1 Å². The van der Waals surface area contributed by atoms with Gasteiger partial charge in [0.2, 0.25) is 0 Å². The lowest BCUT2D eigenvalue weighted by atomic mass is 10.0. The van der Waals surface area contributed by atoms with Gasteiger partial charge in [-0.25, -0.2) is 0 Å². The Kier molecular flexibility index (Phi) is 6.26. The van der Waals surface area contributed by atoms with Crippen molar-refractivity contribution in [3.05, 3.63) is 58.1 Å². The summed E-state index contributed by atoms with van der Waals surface area (Å²) in [6, 6.07) is 12.4. The van der Waals surface area contributed by atoms with Crippen molar-refractivity contribution in [2.75, 3.05) is 11.9 Å². The zero-order valence-electron chi connectivity index (χ0n) is 15.1. The molecule has 0 aromatic heterocycles. The Labute approximate surface area is 145 Å². The van der Waals surface area contributed by atoms with Crippen molar-refractivity contribution in [2.45, 2.75) is 47.1 Å². The number of anilines is 1. The molecule has 1 N–H and O–H groups in total. The predicted molar refractivity (Wildman–Crippen MR) is 99.6 cm³/mol. The minimum atomic E-state index is 0.465. The summed E-state index contributed by atoms with van der Waals surface area (Å²) >= 11 is 0. The Bertz CT molecular complexity index is 744. The van der Waals surface area contributed by atoms with E-state index in [2.05, 4.69) is 44.3 Å². The van der Waals surface area contributed by atoms with Crippen LogP contribution in [0.15, 0.2) is 30.3 Å². The quantitative estimate of drug-likeness (QED) is 0.780. The van der Waals surface area contributed by atoms with Gasteiger partial charge in [-0.05, 0) is 73.2 Å². The van der Waals surface area contributed by atoms with Crippen molar-refractivity contribution in [2.24, 2.45) is 0 Å². The molecule has 0 saturated carbocycles. The first kappa shape index (κ1) is 17.9. The molecule has 0 atom stereocenters. The summed E-state index contributed by atoms with van der Waals surface area (Å²) < 4.78 is 6.11. The summed E-state index contributed by atoms with van der Waals surface area (Å²) in [4.78, 5) is 0. The zero-order chi connectivity index (χ0) is 17.5. The number of hydrogen-bond acceptors (Lipinski definition) is 3. The molecule has 0 heterocycles. The van der Waals surface area contributed by atoms with E-state index < -0.39 is 0 Å². The van der Waals surface area contributed by atoms with Gasteiger partial charge in [0.1, 0.15) is 12.4 Å². The molecule has 0 fully saturated rings. The van der Waals surface area contributed by atoms with Crippen LogP contribution < -0.4 is 10.1 Å². The van der Waals surface area contributed by atoms with Gasteiger partial charge < -0.3 is 10.1 Å². The molecule has 0 aliphatic rings. The van der Waals surface area contributed by atoms with E-state index in [-0.39, 0.29) is 0 Å². The first-order valence-electron chi connectivity index (χ1n) is 8.64. The molecule has 3 nitrogen and oxygen atoms in total. The average Bonchev–Trinajstić information content (AvgIpc) is 2.60. The maximum Gasteiger partial charge on any atom is 0.123 e. The van der Waals surface area contributed by atoms with Crippen LogP contribution in [0.25, 0.3) is 0 Å². The highest BCUT2D eigenvalue weighted by Gasteiger charge is 2.08. The molecule has 0 bridgehead atoms. The molecule has 0 amide bonds. The molecular weight excluding hydrogens is 296 g/mol. The van der Waals surface area contributed by atoms with Crippen LogP contribution in [0.1, 0.15) is 48.6 Å². The van der Waals surface area contributed by atoms with E-state index in [4.69, 9.17) is 4.74 Å². The fourth-order valence-corrected chi connectivity index (χ4v) is 2.89. The highest BCUT2D eigenvalue weighted by atomic mass is 16.5. The number of rotatable bonds is 7. The number of hydrogen-bond donors (Lipinski definition) is 1. The molecule has 24 heavy (non-hydrogen) atoms. The average molecular weight is 322 g/mol. The van der Waals surface area contributed by atoms with Crippen molar-refractivity contribution >= 4 is 5.69 Å². The van der Waals surface area contributed by atoms with Crippen molar-refractivity contribution in [3.8, 4) is 11.8 Å². The summed E-state index contributed by atoms with van der Waals surface area (Å²) in [6.07, 6.45) is 1.95. The summed E-state index contributed by atoms with van der Waals surface area (Å²) in [5, 5.41) is 12.5. The van der Waals surface area contributed by atoms with Crippen LogP contribution in [0.3, 0.4) is 0 Å². The Hall–Kier alpha value is -2.47. The normalized spacial score (nSPS) is 10.3. The molecule has 2 aromatic rings. The van der Waals surface area contributed by atoms with Crippen LogP contribution in [0.2, 0.25) is 0 Å². The fraction of sp³-hybridized carbons (Fsp3) is 0.381. The molecule has 0 unspecified atom stereocenters. The monoisotopic (exact) mass is 322 g/mol. The molecule has 3 heteroatoms. The molecule has 126 valence electrons. The summed E-state index contributed by atoms with van der Waals surface area (Å²) in [6.45, 7) is 9.80. The lowest BCUT2D eigenvalue weighted by Crippen LogP contribution is -2.03. The number of nitriles is 1. The van der Waals surface area contributed by atoms with Gasteiger partial charge >= 0.3 is 0 Å². The summed E-state index contributed by atoms with van der Waals surface area (Å²) in [7, 11) is 0. The SMILES string of the molecule is CCNc1cc(C#N)cc(COc2cc(CC)c(C)cc2CC)c1. The number of nitrogens with one attached hydrogen (secondary N) is 1. The Morgan fingerprint density at radius 2 is 1.75 bits per heavy atom. The third kappa shape index (κ3) is 4.29. The van der Waals surface area contributed by atoms with Crippen LogP contribution in [-0.2, 0) is 19.4 Å². The second kappa shape index (κ2) is 8.40. The van der Waals surface area contributed by atoms with E-state index >= 15 is 0 Å². The van der Waals surface area contributed by atoms with Crippen molar-refractivity contribution in [1.82, 2.24) is 0 Å². The van der Waals surface area contributed by atoms with Gasteiger partial charge in [0.05, 0.1) is 11.6 Å². The molecule has 2 aromatic carbocycles. The van der Waals surface area contributed by atoms with Crippen molar-refractivity contribution < 1.29 is 4.74 Å². The lowest BCUT2D eigenvalue weighted by molar-refractivity contribution is 0.303. The van der Waals surface area contributed by atoms with E-state index in [0.717, 1.165) is 36.4 Å². The van der Waals surface area contributed by atoms with Gasteiger partial charge in [-0.15, -0.1) is 0 Å². The van der Waals surface area contributed by atoms with Gasteiger partial charge in [0.15, 0.2) is 0 Å². The van der Waals surface area contributed by atoms with Crippen molar-refractivity contribution in [3.63, 3.8) is 0 Å². The minimum absolute atomic E-state index is 0.465. The number of benzene rings is 2. The Balaban J connectivity index is 2.24. The van der Waals surface area contributed by atoms with Crippen LogP contribution in [0.5, 0.6) is 5.75 Å². The lowest BCUT2D eigenvalue weighted by Gasteiger charge is -2.15. The van der Waals surface area contributed by atoms with E-state index in [1.165, 1.54) is 16.7 Å². The second-order valence-corrected chi connectivity index (χ2v) is 5.94. The third-order valence-electron chi connectivity index (χ3n) is 4.18. The van der Waals surface area contributed by atoms with Crippen LogP contribution in [0, 0.1) is 18.3 Å². The van der Waals surface area contributed by atoms with E-state index in [1.54, 1.807) is 0 Å². The van der Waals surface area contributed by atoms with Gasteiger partial charge in [-0.2, -0.15) is 5.26 Å². The first-order chi connectivity index (χ1) is 11.6. The Morgan fingerprint density at radius 3 is 2.38 bits per heavy atom. The predicted octanol–water partition coefficient (Wildman–Crippen LogP) is 5.00. The summed E-state index contributed by atoms with van der Waals surface area (Å²) in [5.41, 5.74) is 6.49. The van der Waals surface area contributed by atoms with Gasteiger partial charge in [-0.1, -0.05) is 19.9 Å². The Morgan fingerprint density at radius 1 is 1.00 bits per heavy atom. The topological polar surface area (TPSA) is 45.0 Å². The second-order valence-electron chi connectivity index (χ2n) is 5.94. The number of ether oxygens (including phenoxy) is 1. The third-order valence-corrected chi connectivity index (χ3v) is 4.18. The summed E-state index contributed by atoms with van der Waals surface area (Å²) in [5.74, 6) is 0.951. The van der Waals surface area contributed by atoms with Gasteiger partial charge in [-0.3, -0.25) is 0 Å². The molecule has 0 aliphatic carbocycles. The van der Waals surface area contributed by atoms with Gasteiger partial charge in [0.25, 0.3) is 0 Å². The van der Waals surface area contributed by atoms with E-state index in [0.29, 0.717) is 12.2 Å². The van der Waals surface area contributed by atoms with Gasteiger partial charge in [0, 0.05) is 12.2 Å². The first-order valence-corrected chi connectivity index (χ1v) is 8.64. The molecule has 0 spiro atoms. The standard InChI is InChI=1S/C21H26N2O/c1-5-18-12-21(19(6-2)8-15(18)4)24-14-17-9-16(13-22)10-20(11-17)23-7-3/h8-12,23H,5-7,14H2,1-4H3. The van der Waals surface area contributed by atoms with E-state index in [9.17, 15) is 5.26 Å². The zero-order valence-corrected chi connectivity index (χ0v) is 15.1. The fourth-order valence-electron chi connectivity index (χ4n) is 2.89. The molecular formula is C21H26N2O. The van der Waals surface area contributed by atoms with Crippen molar-refractivity contribution in [1.29, 1.82) is 5.26 Å².